The second-order valence-electron chi connectivity index (χ2n) is 6.16. The highest BCUT2D eigenvalue weighted by Gasteiger charge is 2.16. The van der Waals surface area contributed by atoms with Crippen LogP contribution in [-0.2, 0) is 22.7 Å². The number of carbonyl (C=O) groups is 1. The van der Waals surface area contributed by atoms with Crippen LogP contribution in [-0.4, -0.2) is 37.2 Å². The number of nitrogens with one attached hydrogen (secondary N) is 1. The largest absolute Gasteiger partial charge is 0.380 e. The molecule has 26 heavy (non-hydrogen) atoms. The maximum Gasteiger partial charge on any atom is 0.291 e. The minimum atomic E-state index is -0.388. The number of rotatable bonds is 6. The fourth-order valence-electron chi connectivity index (χ4n) is 2.65. The molecule has 0 atom stereocenters. The number of methoxy groups -OCH3 is 1. The molecule has 0 saturated carbocycles. The third-order valence-electron chi connectivity index (χ3n) is 3.77. The number of hydrogen-bond donors (Lipinski definition) is 1. The van der Waals surface area contributed by atoms with Gasteiger partial charge in [-0.05, 0) is 17.7 Å². The number of carbonyl (C=O) groups excluding carboxylic acids is 1. The first-order valence-corrected chi connectivity index (χ1v) is 8.16. The van der Waals surface area contributed by atoms with Crippen LogP contribution < -0.4 is 10.9 Å². The molecule has 0 aliphatic rings. The molecule has 0 radical (unpaired) electrons. The third-order valence-corrected chi connectivity index (χ3v) is 3.77. The molecule has 0 aromatic carbocycles. The topological polar surface area (TPSA) is 103 Å². The second kappa shape index (κ2) is 7.44. The van der Waals surface area contributed by atoms with Gasteiger partial charge in [0, 0.05) is 25.4 Å². The van der Waals surface area contributed by atoms with E-state index in [0.717, 1.165) is 5.56 Å². The maximum absolute atomic E-state index is 12.7. The van der Waals surface area contributed by atoms with Crippen molar-refractivity contribution < 1.29 is 9.53 Å². The van der Waals surface area contributed by atoms with Crippen LogP contribution in [0.5, 0.6) is 0 Å². The van der Waals surface area contributed by atoms with E-state index in [1.807, 2.05) is 20.0 Å². The quantitative estimate of drug-likeness (QED) is 0.712. The van der Waals surface area contributed by atoms with Crippen LogP contribution >= 0.6 is 0 Å². The molecule has 3 rings (SSSR count). The number of anilines is 1. The van der Waals surface area contributed by atoms with Crippen LogP contribution in [0, 0.1) is 0 Å². The summed E-state index contributed by atoms with van der Waals surface area (Å²) in [7, 11) is 1.60. The highest BCUT2D eigenvalue weighted by Crippen LogP contribution is 2.15. The van der Waals surface area contributed by atoms with Gasteiger partial charge in [-0.25, -0.2) is 14.6 Å². The van der Waals surface area contributed by atoms with Crippen molar-refractivity contribution in [3.8, 4) is 0 Å². The van der Waals surface area contributed by atoms with E-state index in [9.17, 15) is 9.59 Å². The van der Waals surface area contributed by atoms with E-state index >= 15 is 0 Å². The van der Waals surface area contributed by atoms with E-state index in [2.05, 4.69) is 20.4 Å². The molecule has 0 unspecified atom stereocenters. The average Bonchev–Trinajstić information content (AvgIpc) is 3.02. The van der Waals surface area contributed by atoms with Crippen molar-refractivity contribution in [2.45, 2.75) is 32.9 Å². The lowest BCUT2D eigenvalue weighted by Gasteiger charge is -2.12. The fourth-order valence-corrected chi connectivity index (χ4v) is 2.65. The molecule has 0 saturated heterocycles. The summed E-state index contributed by atoms with van der Waals surface area (Å²) in [6.07, 6.45) is 4.70. The van der Waals surface area contributed by atoms with E-state index in [0.29, 0.717) is 23.8 Å². The highest BCUT2D eigenvalue weighted by atomic mass is 16.5. The molecule has 0 aliphatic carbocycles. The van der Waals surface area contributed by atoms with Gasteiger partial charge in [0.1, 0.15) is 30.0 Å². The highest BCUT2D eigenvalue weighted by molar-refractivity contribution is 5.89. The number of amides is 1. The lowest BCUT2D eigenvalue weighted by atomic mass is 10.2. The van der Waals surface area contributed by atoms with Crippen molar-refractivity contribution in [3.05, 3.63) is 52.6 Å². The third kappa shape index (κ3) is 3.62. The Kier molecular flexibility index (Phi) is 5.08. The molecule has 3 aromatic heterocycles. The van der Waals surface area contributed by atoms with Crippen LogP contribution in [0.2, 0.25) is 0 Å². The van der Waals surface area contributed by atoms with E-state index in [-0.39, 0.29) is 23.9 Å². The van der Waals surface area contributed by atoms with Crippen LogP contribution in [0.25, 0.3) is 5.52 Å². The SMILES string of the molecule is COCc1cc2c(=O)n(CC(=O)Nc3ccncn3)nc(C(C)C)n2c1. The molecule has 9 nitrogen and oxygen atoms in total. The van der Waals surface area contributed by atoms with Crippen LogP contribution in [0.3, 0.4) is 0 Å². The Morgan fingerprint density at radius 1 is 1.38 bits per heavy atom. The molecule has 0 bridgehead atoms. The van der Waals surface area contributed by atoms with Crippen LogP contribution in [0.1, 0.15) is 31.2 Å². The Labute approximate surface area is 149 Å². The molecule has 9 heteroatoms. The van der Waals surface area contributed by atoms with Gasteiger partial charge in [0.05, 0.1) is 6.61 Å². The minimum absolute atomic E-state index is 0.0667. The molecule has 0 aliphatic heterocycles. The Balaban J connectivity index is 1.96. The number of ether oxygens (including phenoxy) is 1. The zero-order valence-electron chi connectivity index (χ0n) is 14.8. The molecule has 0 spiro atoms. The summed E-state index contributed by atoms with van der Waals surface area (Å²) in [4.78, 5) is 32.7. The monoisotopic (exact) mass is 356 g/mol. The first kappa shape index (κ1) is 17.7. The normalized spacial score (nSPS) is 11.2. The lowest BCUT2D eigenvalue weighted by molar-refractivity contribution is -0.117. The Morgan fingerprint density at radius 2 is 2.19 bits per heavy atom. The van der Waals surface area contributed by atoms with Gasteiger partial charge in [0.2, 0.25) is 5.91 Å². The number of nitrogens with zero attached hydrogens (tertiary/aromatic N) is 5. The summed E-state index contributed by atoms with van der Waals surface area (Å²) in [5.74, 6) is 0.739. The van der Waals surface area contributed by atoms with E-state index in [1.165, 1.54) is 17.2 Å². The van der Waals surface area contributed by atoms with E-state index in [1.54, 1.807) is 23.6 Å². The summed E-state index contributed by atoms with van der Waals surface area (Å²) in [6, 6.07) is 3.33. The van der Waals surface area contributed by atoms with Gasteiger partial charge in [-0.1, -0.05) is 13.8 Å². The van der Waals surface area contributed by atoms with Gasteiger partial charge in [-0.2, -0.15) is 5.10 Å². The molecule has 0 fully saturated rings. The van der Waals surface area contributed by atoms with E-state index in [4.69, 9.17) is 4.74 Å². The predicted molar refractivity (Wildman–Crippen MR) is 94.9 cm³/mol. The fraction of sp³-hybridized carbons (Fsp3) is 0.353. The zero-order chi connectivity index (χ0) is 18.7. The van der Waals surface area contributed by atoms with Crippen molar-refractivity contribution in [3.63, 3.8) is 0 Å². The predicted octanol–water partition coefficient (Wildman–Crippen LogP) is 1.19. The van der Waals surface area contributed by atoms with Crippen molar-refractivity contribution in [1.82, 2.24) is 24.1 Å². The van der Waals surface area contributed by atoms with Gasteiger partial charge < -0.3 is 10.1 Å². The molecule has 136 valence electrons. The Morgan fingerprint density at radius 3 is 2.85 bits per heavy atom. The Hall–Kier alpha value is -3.07. The summed E-state index contributed by atoms with van der Waals surface area (Å²) < 4.78 is 8.08. The van der Waals surface area contributed by atoms with Crippen molar-refractivity contribution in [2.24, 2.45) is 0 Å². The Bertz CT molecular complexity index is 977. The molecule has 3 aromatic rings. The van der Waals surface area contributed by atoms with Crippen LogP contribution in [0.4, 0.5) is 5.82 Å². The summed E-state index contributed by atoms with van der Waals surface area (Å²) in [6.45, 7) is 4.15. The lowest BCUT2D eigenvalue weighted by Crippen LogP contribution is -2.32. The minimum Gasteiger partial charge on any atom is -0.380 e. The second-order valence-corrected chi connectivity index (χ2v) is 6.16. The van der Waals surface area contributed by atoms with Crippen molar-refractivity contribution >= 4 is 17.2 Å². The average molecular weight is 356 g/mol. The van der Waals surface area contributed by atoms with Gasteiger partial charge in [-0.3, -0.25) is 14.0 Å². The maximum atomic E-state index is 12.7. The summed E-state index contributed by atoms with van der Waals surface area (Å²) >= 11 is 0. The molecule has 1 amide bonds. The van der Waals surface area contributed by atoms with Crippen molar-refractivity contribution in [1.29, 1.82) is 0 Å². The van der Waals surface area contributed by atoms with Gasteiger partial charge >= 0.3 is 0 Å². The standard InChI is InChI=1S/C17H20N6O3/c1-11(2)16-21-23(8-15(24)20-14-4-5-18-10-19-14)17(25)13-6-12(9-26-3)7-22(13)16/h4-7,10-11H,8-9H2,1-3H3,(H,18,19,20,24). The van der Waals surface area contributed by atoms with E-state index < -0.39 is 0 Å². The number of fused-ring (bicyclic) bond motifs is 1. The van der Waals surface area contributed by atoms with Crippen LogP contribution in [0.15, 0.2) is 35.6 Å². The first-order chi connectivity index (χ1) is 12.5. The van der Waals surface area contributed by atoms with Gasteiger partial charge in [-0.15, -0.1) is 0 Å². The van der Waals surface area contributed by atoms with Crippen molar-refractivity contribution in [2.75, 3.05) is 12.4 Å². The van der Waals surface area contributed by atoms with Gasteiger partial charge in [0.25, 0.3) is 5.56 Å². The van der Waals surface area contributed by atoms with Gasteiger partial charge in [0.15, 0.2) is 0 Å². The zero-order valence-corrected chi connectivity index (χ0v) is 14.8. The summed E-state index contributed by atoms with van der Waals surface area (Å²) in [5.41, 5.74) is 0.997. The number of hydrogen-bond acceptors (Lipinski definition) is 6. The first-order valence-electron chi connectivity index (χ1n) is 8.16. The summed E-state index contributed by atoms with van der Waals surface area (Å²) in [5, 5.41) is 7.01. The number of aromatic nitrogens is 5. The molecule has 3 heterocycles. The molecular formula is C17H20N6O3. The molecule has 1 N–H and O–H groups in total. The molecular weight excluding hydrogens is 336 g/mol. The smallest absolute Gasteiger partial charge is 0.291 e.